The lowest BCUT2D eigenvalue weighted by molar-refractivity contribution is -0.161. The summed E-state index contributed by atoms with van der Waals surface area (Å²) in [6.45, 7) is 4.74. The van der Waals surface area contributed by atoms with E-state index < -0.39 is 12.1 Å². The van der Waals surface area contributed by atoms with Crippen molar-refractivity contribution in [3.63, 3.8) is 0 Å². The number of ether oxygens (including phenoxy) is 2. The lowest BCUT2D eigenvalue weighted by Gasteiger charge is -2.48. The maximum Gasteiger partial charge on any atom is 0.254 e. The zero-order chi connectivity index (χ0) is 17.2. The van der Waals surface area contributed by atoms with Crippen LogP contribution in [0.25, 0.3) is 0 Å². The van der Waals surface area contributed by atoms with Crippen LogP contribution >= 0.6 is 0 Å². The Hall–Kier alpha value is -1.96. The molecule has 1 aromatic rings. The van der Waals surface area contributed by atoms with Crippen molar-refractivity contribution in [2.24, 2.45) is 0 Å². The van der Waals surface area contributed by atoms with Crippen molar-refractivity contribution in [2.75, 3.05) is 46.0 Å². The first kappa shape index (κ1) is 16.5. The summed E-state index contributed by atoms with van der Waals surface area (Å²) in [5, 5.41) is 2.90. The van der Waals surface area contributed by atoms with E-state index in [-0.39, 0.29) is 18.4 Å². The first-order chi connectivity index (χ1) is 12.2. The normalized spacial score (nSPS) is 28.3. The van der Waals surface area contributed by atoms with Crippen molar-refractivity contribution < 1.29 is 19.1 Å². The van der Waals surface area contributed by atoms with E-state index in [4.69, 9.17) is 9.47 Å². The molecule has 4 rings (SSSR count). The van der Waals surface area contributed by atoms with Gasteiger partial charge in [0.05, 0.1) is 19.3 Å². The molecule has 3 saturated heterocycles. The van der Waals surface area contributed by atoms with E-state index in [1.54, 1.807) is 0 Å². The molecule has 134 valence electrons. The average Bonchev–Trinajstić information content (AvgIpc) is 2.62. The number of amides is 2. The Bertz CT molecular complexity index is 626. The smallest absolute Gasteiger partial charge is 0.254 e. The SMILES string of the molecule is O=C1CO[C@H](C(=O)N2CC(N3CCOCC3)C2)[C@@H](c2ccccc2)N1. The standard InChI is InChI=1S/C18H23N3O4/c22-15-12-25-17(16(19-15)13-4-2-1-3-5-13)18(23)21-10-14(11-21)20-6-8-24-9-7-20/h1-5,14,16-17H,6-12H2,(H,19,22)/t16-,17+/m1/s1. The largest absolute Gasteiger partial charge is 0.379 e. The summed E-state index contributed by atoms with van der Waals surface area (Å²) >= 11 is 0. The summed E-state index contributed by atoms with van der Waals surface area (Å²) in [6, 6.07) is 9.50. The van der Waals surface area contributed by atoms with Crippen LogP contribution in [0.3, 0.4) is 0 Å². The van der Waals surface area contributed by atoms with E-state index in [0.29, 0.717) is 19.1 Å². The van der Waals surface area contributed by atoms with E-state index in [2.05, 4.69) is 10.2 Å². The third kappa shape index (κ3) is 3.40. The van der Waals surface area contributed by atoms with Crippen molar-refractivity contribution in [3.05, 3.63) is 35.9 Å². The van der Waals surface area contributed by atoms with Crippen LogP contribution in [0.1, 0.15) is 11.6 Å². The molecule has 3 aliphatic heterocycles. The molecule has 1 aromatic carbocycles. The van der Waals surface area contributed by atoms with Crippen molar-refractivity contribution in [2.45, 2.75) is 18.2 Å². The topological polar surface area (TPSA) is 71.1 Å². The second kappa shape index (κ2) is 7.11. The molecule has 0 aliphatic carbocycles. The number of hydrogen-bond acceptors (Lipinski definition) is 5. The Labute approximate surface area is 146 Å². The number of nitrogens with one attached hydrogen (secondary N) is 1. The number of benzene rings is 1. The fraction of sp³-hybridized carbons (Fsp3) is 0.556. The summed E-state index contributed by atoms with van der Waals surface area (Å²) in [5.41, 5.74) is 0.888. The van der Waals surface area contributed by atoms with Gasteiger partial charge in [-0.25, -0.2) is 0 Å². The summed E-state index contributed by atoms with van der Waals surface area (Å²) < 4.78 is 11.0. The number of hydrogen-bond donors (Lipinski definition) is 1. The predicted molar refractivity (Wildman–Crippen MR) is 89.8 cm³/mol. The Morgan fingerprint density at radius 2 is 1.84 bits per heavy atom. The van der Waals surface area contributed by atoms with Gasteiger partial charge in [-0.15, -0.1) is 0 Å². The highest BCUT2D eigenvalue weighted by Gasteiger charge is 2.43. The maximum absolute atomic E-state index is 12.9. The molecule has 3 heterocycles. The van der Waals surface area contributed by atoms with E-state index in [1.807, 2.05) is 35.2 Å². The van der Waals surface area contributed by atoms with E-state index >= 15 is 0 Å². The Morgan fingerprint density at radius 3 is 2.56 bits per heavy atom. The quantitative estimate of drug-likeness (QED) is 0.821. The maximum atomic E-state index is 12.9. The number of nitrogens with zero attached hydrogens (tertiary/aromatic N) is 2. The van der Waals surface area contributed by atoms with Crippen molar-refractivity contribution >= 4 is 11.8 Å². The highest BCUT2D eigenvalue weighted by Crippen LogP contribution is 2.26. The van der Waals surface area contributed by atoms with E-state index in [1.165, 1.54) is 0 Å². The molecule has 3 aliphatic rings. The van der Waals surface area contributed by atoms with Gasteiger partial charge < -0.3 is 19.7 Å². The molecule has 25 heavy (non-hydrogen) atoms. The number of likely N-dealkylation sites (tertiary alicyclic amines) is 1. The second-order valence-corrected chi connectivity index (χ2v) is 6.73. The molecule has 0 bridgehead atoms. The van der Waals surface area contributed by atoms with E-state index in [0.717, 1.165) is 31.9 Å². The van der Waals surface area contributed by atoms with Gasteiger partial charge in [0, 0.05) is 32.2 Å². The Balaban J connectivity index is 1.41. The molecular weight excluding hydrogens is 322 g/mol. The van der Waals surface area contributed by atoms with Crippen LogP contribution in [-0.4, -0.2) is 79.8 Å². The van der Waals surface area contributed by atoms with Crippen LogP contribution in [-0.2, 0) is 19.1 Å². The fourth-order valence-corrected chi connectivity index (χ4v) is 3.67. The van der Waals surface area contributed by atoms with Crippen LogP contribution in [0.4, 0.5) is 0 Å². The van der Waals surface area contributed by atoms with Crippen LogP contribution in [0.5, 0.6) is 0 Å². The minimum absolute atomic E-state index is 0.0432. The van der Waals surface area contributed by atoms with Gasteiger partial charge in [-0.3, -0.25) is 14.5 Å². The van der Waals surface area contributed by atoms with Gasteiger partial charge in [0.1, 0.15) is 6.61 Å². The molecule has 0 aromatic heterocycles. The van der Waals surface area contributed by atoms with Crippen LogP contribution in [0.15, 0.2) is 30.3 Å². The molecule has 2 amide bonds. The lowest BCUT2D eigenvalue weighted by Crippen LogP contribution is -2.65. The number of rotatable bonds is 3. The summed E-state index contributed by atoms with van der Waals surface area (Å²) in [4.78, 5) is 28.9. The van der Waals surface area contributed by atoms with Crippen LogP contribution < -0.4 is 5.32 Å². The summed E-state index contributed by atoms with van der Waals surface area (Å²) in [5.74, 6) is -0.230. The van der Waals surface area contributed by atoms with Crippen LogP contribution in [0.2, 0.25) is 0 Å². The van der Waals surface area contributed by atoms with Gasteiger partial charge in [0.25, 0.3) is 5.91 Å². The van der Waals surface area contributed by atoms with Gasteiger partial charge >= 0.3 is 0 Å². The first-order valence-corrected chi connectivity index (χ1v) is 8.79. The highest BCUT2D eigenvalue weighted by molar-refractivity contribution is 5.87. The molecule has 3 fully saturated rings. The number of carbonyl (C=O) groups is 2. The summed E-state index contributed by atoms with van der Waals surface area (Å²) in [6.07, 6.45) is -0.661. The minimum atomic E-state index is -0.661. The zero-order valence-corrected chi connectivity index (χ0v) is 14.1. The van der Waals surface area contributed by atoms with Crippen molar-refractivity contribution in [1.82, 2.24) is 15.1 Å². The Morgan fingerprint density at radius 1 is 1.12 bits per heavy atom. The second-order valence-electron chi connectivity index (χ2n) is 6.73. The van der Waals surface area contributed by atoms with Crippen molar-refractivity contribution in [1.29, 1.82) is 0 Å². The van der Waals surface area contributed by atoms with Gasteiger partial charge in [-0.2, -0.15) is 0 Å². The number of carbonyl (C=O) groups excluding carboxylic acids is 2. The molecular formula is C18H23N3O4. The highest BCUT2D eigenvalue weighted by atomic mass is 16.5. The van der Waals surface area contributed by atoms with Crippen molar-refractivity contribution in [3.8, 4) is 0 Å². The summed E-state index contributed by atoms with van der Waals surface area (Å²) in [7, 11) is 0. The molecule has 7 heteroatoms. The van der Waals surface area contributed by atoms with Gasteiger partial charge in [0.2, 0.25) is 5.91 Å². The number of morpholine rings is 2. The molecule has 2 atom stereocenters. The molecule has 0 spiro atoms. The van der Waals surface area contributed by atoms with Gasteiger partial charge in [0.15, 0.2) is 6.10 Å². The monoisotopic (exact) mass is 345 g/mol. The van der Waals surface area contributed by atoms with Gasteiger partial charge in [-0.05, 0) is 5.56 Å². The first-order valence-electron chi connectivity index (χ1n) is 8.79. The molecule has 0 unspecified atom stereocenters. The van der Waals surface area contributed by atoms with Crippen LogP contribution in [0, 0.1) is 0 Å². The molecule has 7 nitrogen and oxygen atoms in total. The molecule has 1 N–H and O–H groups in total. The molecule has 0 radical (unpaired) electrons. The third-order valence-corrected chi connectivity index (χ3v) is 5.15. The molecule has 0 saturated carbocycles. The fourth-order valence-electron chi connectivity index (χ4n) is 3.67. The van der Waals surface area contributed by atoms with E-state index in [9.17, 15) is 9.59 Å². The van der Waals surface area contributed by atoms with Gasteiger partial charge in [-0.1, -0.05) is 30.3 Å². The Kier molecular flexibility index (Phi) is 4.70. The zero-order valence-electron chi connectivity index (χ0n) is 14.1. The minimum Gasteiger partial charge on any atom is -0.379 e. The average molecular weight is 345 g/mol. The predicted octanol–water partition coefficient (Wildman–Crippen LogP) is -0.214. The lowest BCUT2D eigenvalue weighted by atomic mass is 9.96. The third-order valence-electron chi connectivity index (χ3n) is 5.15.